The molecule has 0 unspecified atom stereocenters. The van der Waals surface area contributed by atoms with Crippen LogP contribution in [0.1, 0.15) is 31.9 Å². The highest BCUT2D eigenvalue weighted by molar-refractivity contribution is 7.10. The van der Waals surface area contributed by atoms with Crippen LogP contribution in [0.5, 0.6) is 0 Å². The summed E-state index contributed by atoms with van der Waals surface area (Å²) in [4.78, 5) is 17.8. The van der Waals surface area contributed by atoms with Gasteiger partial charge in [0.15, 0.2) is 5.76 Å². The summed E-state index contributed by atoms with van der Waals surface area (Å²) < 4.78 is 5.83. The fourth-order valence-corrected chi connectivity index (χ4v) is 5.28. The van der Waals surface area contributed by atoms with E-state index in [9.17, 15) is 4.79 Å². The standard InChI is InChI=1S/C20H15NO2S2/c22-20(16-12-13-4-1-2-5-15(13)23-16)21-9-7-17-14(8-11-25-17)19(21)18-6-3-10-24-18/h1-6,8,10-12,19H,7,9H2/t19-/m0/s1. The van der Waals surface area contributed by atoms with Gasteiger partial charge in [0.1, 0.15) is 5.58 Å². The average molecular weight is 365 g/mol. The Labute approximate surface area is 153 Å². The maximum absolute atomic E-state index is 13.2. The summed E-state index contributed by atoms with van der Waals surface area (Å²) in [5.74, 6) is 0.382. The summed E-state index contributed by atoms with van der Waals surface area (Å²) in [6, 6.07) is 15.9. The Bertz CT molecular complexity index is 1010. The Kier molecular flexibility index (Phi) is 3.50. The first-order valence-electron chi connectivity index (χ1n) is 8.20. The van der Waals surface area contributed by atoms with Gasteiger partial charge < -0.3 is 9.32 Å². The van der Waals surface area contributed by atoms with Gasteiger partial charge in [0.2, 0.25) is 0 Å². The van der Waals surface area contributed by atoms with Gasteiger partial charge in [-0.3, -0.25) is 4.79 Å². The van der Waals surface area contributed by atoms with Crippen LogP contribution in [0.25, 0.3) is 11.0 Å². The van der Waals surface area contributed by atoms with Crippen LogP contribution in [0.15, 0.2) is 63.7 Å². The third-order valence-corrected chi connectivity index (χ3v) is 6.60. The highest BCUT2D eigenvalue weighted by atomic mass is 32.1. The van der Waals surface area contributed by atoms with E-state index < -0.39 is 0 Å². The molecule has 25 heavy (non-hydrogen) atoms. The first kappa shape index (κ1) is 14.9. The second-order valence-electron chi connectivity index (χ2n) is 6.11. The molecular weight excluding hydrogens is 350 g/mol. The topological polar surface area (TPSA) is 33.5 Å². The molecule has 0 N–H and O–H groups in total. The molecule has 0 bridgehead atoms. The van der Waals surface area contributed by atoms with Crippen molar-refractivity contribution in [2.24, 2.45) is 0 Å². The lowest BCUT2D eigenvalue weighted by molar-refractivity contribution is 0.0668. The van der Waals surface area contributed by atoms with Gasteiger partial charge in [-0.25, -0.2) is 0 Å². The van der Waals surface area contributed by atoms with E-state index in [4.69, 9.17) is 4.42 Å². The fourth-order valence-electron chi connectivity index (χ4n) is 3.52. The predicted octanol–water partition coefficient (Wildman–Crippen LogP) is 5.34. The molecule has 0 aliphatic carbocycles. The maximum atomic E-state index is 13.2. The van der Waals surface area contributed by atoms with Crippen LogP contribution in [-0.2, 0) is 6.42 Å². The lowest BCUT2D eigenvalue weighted by atomic mass is 9.98. The molecule has 1 aliphatic rings. The van der Waals surface area contributed by atoms with E-state index in [1.165, 1.54) is 15.3 Å². The van der Waals surface area contributed by atoms with Crippen LogP contribution in [0.3, 0.4) is 0 Å². The molecule has 124 valence electrons. The van der Waals surface area contributed by atoms with E-state index in [1.807, 2.05) is 41.3 Å². The van der Waals surface area contributed by atoms with Crippen LogP contribution in [-0.4, -0.2) is 17.4 Å². The van der Waals surface area contributed by atoms with Gasteiger partial charge in [-0.15, -0.1) is 22.7 Å². The second kappa shape index (κ2) is 5.86. The third kappa shape index (κ3) is 2.42. The van der Waals surface area contributed by atoms with Crippen molar-refractivity contribution >= 4 is 39.5 Å². The Morgan fingerprint density at radius 3 is 2.84 bits per heavy atom. The van der Waals surface area contributed by atoms with Crippen molar-refractivity contribution in [1.82, 2.24) is 4.90 Å². The third-order valence-electron chi connectivity index (χ3n) is 4.68. The molecule has 0 radical (unpaired) electrons. The molecule has 0 spiro atoms. The normalized spacial score (nSPS) is 17.0. The number of benzene rings is 1. The van der Waals surface area contributed by atoms with Crippen molar-refractivity contribution in [3.63, 3.8) is 0 Å². The smallest absolute Gasteiger partial charge is 0.290 e. The van der Waals surface area contributed by atoms with E-state index in [2.05, 4.69) is 22.9 Å². The predicted molar refractivity (Wildman–Crippen MR) is 101 cm³/mol. The zero-order valence-corrected chi connectivity index (χ0v) is 15.0. The van der Waals surface area contributed by atoms with E-state index in [0.717, 1.165) is 17.4 Å². The van der Waals surface area contributed by atoms with Gasteiger partial charge in [0.05, 0.1) is 6.04 Å². The zero-order valence-electron chi connectivity index (χ0n) is 13.3. The number of rotatable bonds is 2. The summed E-state index contributed by atoms with van der Waals surface area (Å²) in [5.41, 5.74) is 2.01. The Hall–Kier alpha value is -2.37. The van der Waals surface area contributed by atoms with Crippen molar-refractivity contribution in [2.45, 2.75) is 12.5 Å². The van der Waals surface area contributed by atoms with Gasteiger partial charge in [-0.2, -0.15) is 0 Å². The number of para-hydroxylation sites is 1. The average Bonchev–Trinajstić information content (AvgIpc) is 3.39. The monoisotopic (exact) mass is 365 g/mol. The molecule has 1 amide bonds. The van der Waals surface area contributed by atoms with Crippen molar-refractivity contribution in [3.8, 4) is 0 Å². The van der Waals surface area contributed by atoms with E-state index in [-0.39, 0.29) is 11.9 Å². The van der Waals surface area contributed by atoms with Crippen molar-refractivity contribution in [3.05, 3.63) is 80.4 Å². The molecule has 0 saturated heterocycles. The molecule has 4 aromatic rings. The SMILES string of the molecule is O=C(c1cc2ccccc2o1)N1CCc2sccc2[C@H]1c1cccs1. The molecule has 4 heterocycles. The minimum Gasteiger partial charge on any atom is -0.451 e. The number of thiophene rings is 2. The molecule has 3 aromatic heterocycles. The van der Waals surface area contributed by atoms with Gasteiger partial charge in [-0.1, -0.05) is 24.3 Å². The highest BCUT2D eigenvalue weighted by Crippen LogP contribution is 2.40. The van der Waals surface area contributed by atoms with E-state index >= 15 is 0 Å². The number of hydrogen-bond acceptors (Lipinski definition) is 4. The summed E-state index contributed by atoms with van der Waals surface area (Å²) >= 11 is 3.48. The van der Waals surface area contributed by atoms with E-state index in [1.54, 1.807) is 22.7 Å². The quantitative estimate of drug-likeness (QED) is 0.480. The van der Waals surface area contributed by atoms with Crippen molar-refractivity contribution in [2.75, 3.05) is 6.54 Å². The van der Waals surface area contributed by atoms with Crippen LogP contribution < -0.4 is 0 Å². The van der Waals surface area contributed by atoms with Gasteiger partial charge in [-0.05, 0) is 47.0 Å². The minimum absolute atomic E-state index is 0.0179. The second-order valence-corrected chi connectivity index (χ2v) is 8.09. The number of hydrogen-bond donors (Lipinski definition) is 0. The summed E-state index contributed by atoms with van der Waals surface area (Å²) in [7, 11) is 0. The number of fused-ring (bicyclic) bond motifs is 2. The number of carbonyl (C=O) groups is 1. The van der Waals surface area contributed by atoms with Crippen LogP contribution in [0.2, 0.25) is 0 Å². The molecule has 5 heteroatoms. The number of amides is 1. The zero-order chi connectivity index (χ0) is 16.8. The first-order chi connectivity index (χ1) is 12.3. The summed E-state index contributed by atoms with van der Waals surface area (Å²) in [6.07, 6.45) is 0.904. The number of furan rings is 1. The summed E-state index contributed by atoms with van der Waals surface area (Å²) in [6.45, 7) is 0.714. The lowest BCUT2D eigenvalue weighted by Gasteiger charge is -2.34. The number of carbonyl (C=O) groups excluding carboxylic acids is 1. The number of nitrogens with zero attached hydrogens (tertiary/aromatic N) is 1. The van der Waals surface area contributed by atoms with Crippen LogP contribution >= 0.6 is 22.7 Å². The maximum Gasteiger partial charge on any atom is 0.290 e. The van der Waals surface area contributed by atoms with E-state index in [0.29, 0.717) is 12.3 Å². The highest BCUT2D eigenvalue weighted by Gasteiger charge is 2.35. The Morgan fingerprint density at radius 2 is 2.00 bits per heavy atom. The summed E-state index contributed by atoms with van der Waals surface area (Å²) in [5, 5.41) is 5.16. The molecule has 1 aromatic carbocycles. The van der Waals surface area contributed by atoms with Gasteiger partial charge in [0, 0.05) is 21.7 Å². The largest absolute Gasteiger partial charge is 0.451 e. The molecular formula is C20H15NO2S2. The first-order valence-corrected chi connectivity index (χ1v) is 9.96. The minimum atomic E-state index is -0.0357. The van der Waals surface area contributed by atoms with Gasteiger partial charge in [0.25, 0.3) is 5.91 Å². The molecule has 0 saturated carbocycles. The Balaban J connectivity index is 1.58. The van der Waals surface area contributed by atoms with Gasteiger partial charge >= 0.3 is 0 Å². The van der Waals surface area contributed by atoms with Crippen LogP contribution in [0.4, 0.5) is 0 Å². The van der Waals surface area contributed by atoms with Crippen molar-refractivity contribution < 1.29 is 9.21 Å². The molecule has 1 aliphatic heterocycles. The fraction of sp³-hybridized carbons (Fsp3) is 0.150. The molecule has 3 nitrogen and oxygen atoms in total. The van der Waals surface area contributed by atoms with Crippen LogP contribution in [0, 0.1) is 0 Å². The lowest BCUT2D eigenvalue weighted by Crippen LogP contribution is -2.39. The molecule has 0 fully saturated rings. The molecule has 1 atom stereocenters. The Morgan fingerprint density at radius 1 is 1.08 bits per heavy atom. The molecule has 5 rings (SSSR count). The van der Waals surface area contributed by atoms with Crippen molar-refractivity contribution in [1.29, 1.82) is 0 Å².